The van der Waals surface area contributed by atoms with E-state index in [1.807, 2.05) is 0 Å². The van der Waals surface area contributed by atoms with E-state index in [9.17, 15) is 31.2 Å². The van der Waals surface area contributed by atoms with Crippen LogP contribution in [0, 0.1) is 0 Å². The summed E-state index contributed by atoms with van der Waals surface area (Å²) >= 11 is 0. The van der Waals surface area contributed by atoms with Gasteiger partial charge in [0.05, 0.1) is 5.56 Å². The lowest BCUT2D eigenvalue weighted by molar-refractivity contribution is -0.118. The van der Waals surface area contributed by atoms with Gasteiger partial charge in [-0.15, -0.1) is 0 Å². The molecule has 0 amide bonds. The molecule has 0 aliphatic carbocycles. The Bertz CT molecular complexity index is 561. The number of alkyl halides is 3. The summed E-state index contributed by atoms with van der Waals surface area (Å²) < 4.78 is 60.5. The second kappa shape index (κ2) is 3.83. The minimum Gasteiger partial charge on any atom is -0.371 e. The van der Waals surface area contributed by atoms with E-state index in [0.717, 1.165) is 6.92 Å². The molecule has 1 rings (SSSR count). The van der Waals surface area contributed by atoms with E-state index in [-0.39, 0.29) is 5.56 Å². The highest BCUT2D eigenvalue weighted by molar-refractivity contribution is 7.88. The molecule has 1 unspecified atom stereocenters. The molecule has 0 bridgehead atoms. The van der Waals surface area contributed by atoms with E-state index in [2.05, 4.69) is 4.18 Å². The van der Waals surface area contributed by atoms with Gasteiger partial charge in [0, 0.05) is 5.92 Å². The number of Topliss-reactive ketones (excluding diaryl/α,β-unsaturated/α-hetero) is 1. The number of carbonyl (C=O) groups excluding carboxylic acids is 1. The zero-order valence-corrected chi connectivity index (χ0v) is 9.48. The summed E-state index contributed by atoms with van der Waals surface area (Å²) in [6.45, 7) is 2.39. The molecule has 0 spiro atoms. The zero-order valence-electron chi connectivity index (χ0n) is 8.66. The molecule has 96 valence electrons. The van der Waals surface area contributed by atoms with Crippen LogP contribution in [0.25, 0.3) is 0 Å². The van der Waals surface area contributed by atoms with Crippen molar-refractivity contribution in [2.75, 3.05) is 0 Å². The van der Waals surface area contributed by atoms with E-state index >= 15 is 0 Å². The van der Waals surface area contributed by atoms with Gasteiger partial charge < -0.3 is 4.18 Å². The molecule has 0 aliphatic rings. The Hall–Kier alpha value is -1.38. The van der Waals surface area contributed by atoms with E-state index in [0.29, 0.717) is 0 Å². The van der Waals surface area contributed by atoms with Crippen molar-refractivity contribution in [1.29, 1.82) is 0 Å². The maximum Gasteiger partial charge on any atom is 0.534 e. The fraction of sp³-hybridized carbons (Fsp3) is 0.500. The summed E-state index contributed by atoms with van der Waals surface area (Å²) in [5, 5.41) is 0. The lowest BCUT2D eigenvalue weighted by atomic mass is 10.1. The van der Waals surface area contributed by atoms with Gasteiger partial charge in [0.25, 0.3) is 0 Å². The second-order valence-electron chi connectivity index (χ2n) is 3.39. The highest BCUT2D eigenvalue weighted by Gasteiger charge is 2.50. The van der Waals surface area contributed by atoms with Crippen molar-refractivity contribution in [2.24, 2.45) is 0 Å². The van der Waals surface area contributed by atoms with Gasteiger partial charge >= 0.3 is 15.6 Å². The van der Waals surface area contributed by atoms with Gasteiger partial charge in [0.15, 0.2) is 5.75 Å². The van der Waals surface area contributed by atoms with Crippen LogP contribution in [0.3, 0.4) is 0 Å². The summed E-state index contributed by atoms with van der Waals surface area (Å²) in [6.07, 6.45) is 0. The quantitative estimate of drug-likeness (QED) is 0.599. The monoisotopic (exact) mass is 272 g/mol. The van der Waals surface area contributed by atoms with E-state index in [4.69, 9.17) is 0 Å². The molecule has 1 atom stereocenters. The van der Waals surface area contributed by atoms with Crippen molar-refractivity contribution in [1.82, 2.24) is 0 Å². The molecule has 1 aromatic rings. The number of carbonyl (C=O) groups is 1. The number of ketones is 1. The van der Waals surface area contributed by atoms with E-state index < -0.39 is 38.5 Å². The summed E-state index contributed by atoms with van der Waals surface area (Å²) in [5.41, 5.74) is -6.90. The van der Waals surface area contributed by atoms with Crippen LogP contribution in [0.5, 0.6) is 5.75 Å². The van der Waals surface area contributed by atoms with E-state index in [1.165, 1.54) is 6.92 Å². The first-order valence-electron chi connectivity index (χ1n) is 4.29. The molecule has 9 heteroatoms. The van der Waals surface area contributed by atoms with Crippen molar-refractivity contribution < 1.29 is 30.6 Å². The SMILES string of the molecule is CC(=O)C(C)c1c(OS(=O)(=O)C(F)(F)F)c1=O. The molecular formula is C8H7F3O5S. The predicted octanol–water partition coefficient (Wildman–Crippen LogP) is 0.843. The first-order valence-corrected chi connectivity index (χ1v) is 5.70. The molecule has 0 radical (unpaired) electrons. The van der Waals surface area contributed by atoms with E-state index in [1.54, 1.807) is 0 Å². The first kappa shape index (κ1) is 13.7. The summed E-state index contributed by atoms with van der Waals surface area (Å²) in [6, 6.07) is 0. The van der Waals surface area contributed by atoms with Gasteiger partial charge in [0.2, 0.25) is 5.43 Å². The highest BCUT2D eigenvalue weighted by atomic mass is 32.2. The molecule has 17 heavy (non-hydrogen) atoms. The Balaban J connectivity index is 2.95. The Morgan fingerprint density at radius 1 is 1.35 bits per heavy atom. The molecule has 1 aromatic carbocycles. The fourth-order valence-electron chi connectivity index (χ4n) is 1.00. The van der Waals surface area contributed by atoms with Gasteiger partial charge in [-0.05, 0) is 6.92 Å². The predicted molar refractivity (Wildman–Crippen MR) is 49.8 cm³/mol. The maximum atomic E-state index is 11.9. The van der Waals surface area contributed by atoms with Crippen molar-refractivity contribution >= 4 is 15.9 Å². The Morgan fingerprint density at radius 3 is 2.18 bits per heavy atom. The van der Waals surface area contributed by atoms with Crippen LogP contribution in [0.1, 0.15) is 25.3 Å². The number of hydrogen-bond acceptors (Lipinski definition) is 5. The lowest BCUT2D eigenvalue weighted by Crippen LogP contribution is -2.27. The third kappa shape index (κ3) is 2.48. The van der Waals surface area contributed by atoms with Gasteiger partial charge in [-0.25, -0.2) is 0 Å². The number of hydrogen-bond donors (Lipinski definition) is 0. The van der Waals surface area contributed by atoms with Gasteiger partial charge in [-0.1, -0.05) is 6.92 Å². The molecule has 0 N–H and O–H groups in total. The Kier molecular flexibility index (Phi) is 3.08. The molecule has 5 nitrogen and oxygen atoms in total. The van der Waals surface area contributed by atoms with Crippen molar-refractivity contribution in [2.45, 2.75) is 25.3 Å². The summed E-state index contributed by atoms with van der Waals surface area (Å²) in [5.74, 6) is -2.36. The van der Waals surface area contributed by atoms with Gasteiger partial charge in [-0.3, -0.25) is 9.59 Å². The normalized spacial score (nSPS) is 14.9. The van der Waals surface area contributed by atoms with Crippen molar-refractivity contribution in [3.63, 3.8) is 0 Å². The average molecular weight is 272 g/mol. The Morgan fingerprint density at radius 2 is 1.82 bits per heavy atom. The molecule has 0 saturated heterocycles. The van der Waals surface area contributed by atoms with Crippen LogP contribution in [0.15, 0.2) is 4.79 Å². The summed E-state index contributed by atoms with van der Waals surface area (Å²) in [7, 11) is -5.85. The van der Waals surface area contributed by atoms with Crippen molar-refractivity contribution in [3.05, 3.63) is 15.8 Å². The molecule has 0 saturated carbocycles. The minimum atomic E-state index is -5.85. The molecule has 0 aliphatic heterocycles. The molecule has 0 aromatic heterocycles. The lowest BCUT2D eigenvalue weighted by Gasteiger charge is -2.06. The second-order valence-corrected chi connectivity index (χ2v) is 4.93. The van der Waals surface area contributed by atoms with Crippen LogP contribution < -0.4 is 9.61 Å². The fourth-order valence-corrected chi connectivity index (χ4v) is 1.48. The van der Waals surface area contributed by atoms with Gasteiger partial charge in [0.1, 0.15) is 5.78 Å². The Labute approximate surface area is 94.0 Å². The van der Waals surface area contributed by atoms with Crippen LogP contribution >= 0.6 is 0 Å². The van der Waals surface area contributed by atoms with Crippen LogP contribution in [0.4, 0.5) is 13.2 Å². The zero-order chi connectivity index (χ0) is 13.6. The van der Waals surface area contributed by atoms with Gasteiger partial charge in [-0.2, -0.15) is 21.6 Å². The molecular weight excluding hydrogens is 265 g/mol. The first-order chi connectivity index (χ1) is 7.49. The number of rotatable bonds is 4. The standard InChI is InChI=1S/C8H7F3O5S/c1-3(4(2)12)5-6(13)7(5)16-17(14,15)8(9,10)11/h3H,1-2H3. The minimum absolute atomic E-state index is 0.328. The molecule has 0 heterocycles. The summed E-state index contributed by atoms with van der Waals surface area (Å²) in [4.78, 5) is 21.9. The third-order valence-corrected chi connectivity index (χ3v) is 3.11. The van der Waals surface area contributed by atoms with Crippen LogP contribution in [0.2, 0.25) is 0 Å². The molecule has 0 fully saturated rings. The maximum absolute atomic E-state index is 11.9. The smallest absolute Gasteiger partial charge is 0.371 e. The van der Waals surface area contributed by atoms with Crippen molar-refractivity contribution in [3.8, 4) is 5.75 Å². The number of halogens is 3. The third-order valence-electron chi connectivity index (χ3n) is 2.15. The largest absolute Gasteiger partial charge is 0.534 e. The van der Waals surface area contributed by atoms with Crippen LogP contribution in [-0.2, 0) is 14.9 Å². The highest BCUT2D eigenvalue weighted by Crippen LogP contribution is 2.34. The van der Waals surface area contributed by atoms with Crippen LogP contribution in [-0.4, -0.2) is 19.7 Å². The average Bonchev–Trinajstić information content (AvgIpc) is 2.72. The topological polar surface area (TPSA) is 77.5 Å².